The van der Waals surface area contributed by atoms with Gasteiger partial charge in [0.2, 0.25) is 0 Å². The van der Waals surface area contributed by atoms with E-state index < -0.39 is 0 Å². The van der Waals surface area contributed by atoms with Crippen LogP contribution in [0.15, 0.2) is 18.5 Å². The number of nitrogens with zero attached hydrogens (tertiary/aromatic N) is 3. The summed E-state index contributed by atoms with van der Waals surface area (Å²) < 4.78 is 1.87. The molecule has 2 heterocycles. The molecule has 0 fully saturated rings. The molecule has 4 heteroatoms. The van der Waals surface area contributed by atoms with Gasteiger partial charge >= 0.3 is 0 Å². The summed E-state index contributed by atoms with van der Waals surface area (Å²) in [7, 11) is 0. The third kappa shape index (κ3) is 2.47. The molecule has 0 amide bonds. The fourth-order valence-corrected chi connectivity index (χ4v) is 1.70. The monoisotopic (exact) mass is 246 g/mol. The van der Waals surface area contributed by atoms with Crippen molar-refractivity contribution in [3.05, 3.63) is 24.2 Å². The van der Waals surface area contributed by atoms with Gasteiger partial charge < -0.3 is 5.32 Å². The van der Waals surface area contributed by atoms with Crippen molar-refractivity contribution in [3.63, 3.8) is 0 Å². The highest BCUT2D eigenvalue weighted by molar-refractivity contribution is 5.67. The molecule has 0 aromatic carbocycles. The maximum absolute atomic E-state index is 4.41. The maximum Gasteiger partial charge on any atom is 0.152 e. The lowest BCUT2D eigenvalue weighted by Gasteiger charge is -2.29. The van der Waals surface area contributed by atoms with Crippen LogP contribution in [-0.4, -0.2) is 21.1 Å². The van der Waals surface area contributed by atoms with Gasteiger partial charge in [-0.25, -0.2) is 9.50 Å². The molecule has 4 nitrogen and oxygen atoms in total. The summed E-state index contributed by atoms with van der Waals surface area (Å²) in [4.78, 5) is 4.41. The number of anilines is 1. The molecule has 2 aromatic rings. The van der Waals surface area contributed by atoms with Crippen molar-refractivity contribution in [2.24, 2.45) is 11.3 Å². The maximum atomic E-state index is 4.41. The summed E-state index contributed by atoms with van der Waals surface area (Å²) in [5, 5.41) is 7.84. The second-order valence-corrected chi connectivity index (χ2v) is 5.89. The van der Waals surface area contributed by atoms with E-state index in [1.165, 1.54) is 0 Å². The Kier molecular flexibility index (Phi) is 3.28. The minimum Gasteiger partial charge on any atom is -0.368 e. The van der Waals surface area contributed by atoms with E-state index in [0.29, 0.717) is 5.92 Å². The number of fused-ring (bicyclic) bond motifs is 1. The summed E-state index contributed by atoms with van der Waals surface area (Å²) in [5.74, 6) is 1.53. The van der Waals surface area contributed by atoms with Gasteiger partial charge in [-0.15, -0.1) is 0 Å². The Labute approximate surface area is 108 Å². The molecule has 0 radical (unpaired) electrons. The van der Waals surface area contributed by atoms with Crippen LogP contribution in [-0.2, 0) is 0 Å². The van der Waals surface area contributed by atoms with E-state index in [1.54, 1.807) is 6.20 Å². The van der Waals surface area contributed by atoms with Gasteiger partial charge in [0.05, 0.1) is 5.69 Å². The van der Waals surface area contributed by atoms with Crippen LogP contribution >= 0.6 is 0 Å². The van der Waals surface area contributed by atoms with E-state index in [1.807, 2.05) is 17.6 Å². The molecule has 0 spiro atoms. The molecule has 2 rings (SSSR count). The molecule has 0 aliphatic heterocycles. The lowest BCUT2D eigenvalue weighted by Crippen LogP contribution is -2.28. The lowest BCUT2D eigenvalue weighted by atomic mass is 9.81. The average molecular weight is 246 g/mol. The van der Waals surface area contributed by atoms with Crippen molar-refractivity contribution in [1.29, 1.82) is 0 Å². The Morgan fingerprint density at radius 2 is 2.11 bits per heavy atom. The standard InChI is InChI=1S/C14H22N4/c1-10(2)14(4,5)9-16-13-12-8-11(3)17-18(12)7-6-15-13/h6-8,10H,9H2,1-5H3,(H,15,16). The van der Waals surface area contributed by atoms with E-state index in [0.717, 1.165) is 23.6 Å². The van der Waals surface area contributed by atoms with E-state index >= 15 is 0 Å². The third-order valence-electron chi connectivity index (χ3n) is 3.79. The van der Waals surface area contributed by atoms with Crippen LogP contribution < -0.4 is 5.32 Å². The van der Waals surface area contributed by atoms with Gasteiger partial charge in [-0.05, 0) is 24.3 Å². The van der Waals surface area contributed by atoms with Crippen molar-refractivity contribution in [3.8, 4) is 0 Å². The second-order valence-electron chi connectivity index (χ2n) is 5.89. The topological polar surface area (TPSA) is 42.2 Å². The number of hydrogen-bond acceptors (Lipinski definition) is 3. The van der Waals surface area contributed by atoms with Crippen molar-refractivity contribution in [2.45, 2.75) is 34.6 Å². The van der Waals surface area contributed by atoms with Crippen LogP contribution in [0.5, 0.6) is 0 Å². The molecule has 0 atom stereocenters. The molecule has 0 aliphatic rings. The van der Waals surface area contributed by atoms with Gasteiger partial charge in [0, 0.05) is 18.9 Å². The highest BCUT2D eigenvalue weighted by atomic mass is 15.2. The SMILES string of the molecule is Cc1cc2c(NCC(C)(C)C(C)C)nccn2n1. The van der Waals surface area contributed by atoms with Crippen molar-refractivity contribution < 1.29 is 0 Å². The highest BCUT2D eigenvalue weighted by Gasteiger charge is 2.22. The van der Waals surface area contributed by atoms with Crippen LogP contribution in [0.3, 0.4) is 0 Å². The largest absolute Gasteiger partial charge is 0.368 e. The molecular formula is C14H22N4. The van der Waals surface area contributed by atoms with Gasteiger partial charge in [0.25, 0.3) is 0 Å². The first-order valence-electron chi connectivity index (χ1n) is 6.45. The zero-order valence-corrected chi connectivity index (χ0v) is 11.9. The number of hydrogen-bond donors (Lipinski definition) is 1. The molecular weight excluding hydrogens is 224 g/mol. The van der Waals surface area contributed by atoms with Gasteiger partial charge in [0.1, 0.15) is 5.52 Å². The first-order valence-corrected chi connectivity index (χ1v) is 6.45. The summed E-state index contributed by atoms with van der Waals surface area (Å²) in [5.41, 5.74) is 2.28. The number of rotatable bonds is 4. The first kappa shape index (κ1) is 12.9. The van der Waals surface area contributed by atoms with Gasteiger partial charge in [-0.1, -0.05) is 27.7 Å². The van der Waals surface area contributed by atoms with Crippen LogP contribution in [0.1, 0.15) is 33.4 Å². The summed E-state index contributed by atoms with van der Waals surface area (Å²) in [6.45, 7) is 11.9. The summed E-state index contributed by atoms with van der Waals surface area (Å²) in [6, 6.07) is 2.05. The molecule has 0 aliphatic carbocycles. The summed E-state index contributed by atoms with van der Waals surface area (Å²) in [6.07, 6.45) is 3.66. The number of nitrogens with one attached hydrogen (secondary N) is 1. The predicted octanol–water partition coefficient (Wildman–Crippen LogP) is 3.13. The molecule has 2 aromatic heterocycles. The Bertz CT molecular complexity index is 540. The number of aryl methyl sites for hydroxylation is 1. The normalized spacial score (nSPS) is 12.3. The molecule has 0 saturated heterocycles. The molecule has 98 valence electrons. The molecule has 0 bridgehead atoms. The fourth-order valence-electron chi connectivity index (χ4n) is 1.70. The minimum absolute atomic E-state index is 0.240. The Morgan fingerprint density at radius 3 is 2.78 bits per heavy atom. The third-order valence-corrected chi connectivity index (χ3v) is 3.79. The Morgan fingerprint density at radius 1 is 1.39 bits per heavy atom. The fraction of sp³-hybridized carbons (Fsp3) is 0.571. The van der Waals surface area contributed by atoms with Crippen LogP contribution in [0, 0.1) is 18.3 Å². The Balaban J connectivity index is 2.22. The highest BCUT2D eigenvalue weighted by Crippen LogP contribution is 2.26. The smallest absolute Gasteiger partial charge is 0.152 e. The molecule has 0 saturated carbocycles. The second kappa shape index (κ2) is 4.59. The predicted molar refractivity (Wildman–Crippen MR) is 74.8 cm³/mol. The number of aromatic nitrogens is 3. The van der Waals surface area contributed by atoms with E-state index in [2.05, 4.69) is 49.2 Å². The summed E-state index contributed by atoms with van der Waals surface area (Å²) >= 11 is 0. The zero-order valence-electron chi connectivity index (χ0n) is 11.9. The molecule has 0 unspecified atom stereocenters. The van der Waals surface area contributed by atoms with Gasteiger partial charge in [-0.3, -0.25) is 0 Å². The van der Waals surface area contributed by atoms with Crippen LogP contribution in [0.4, 0.5) is 5.82 Å². The van der Waals surface area contributed by atoms with E-state index in [4.69, 9.17) is 0 Å². The van der Waals surface area contributed by atoms with Gasteiger partial charge in [-0.2, -0.15) is 5.10 Å². The first-order chi connectivity index (χ1) is 8.40. The van der Waals surface area contributed by atoms with Gasteiger partial charge in [0.15, 0.2) is 5.82 Å². The van der Waals surface area contributed by atoms with Crippen molar-refractivity contribution in [1.82, 2.24) is 14.6 Å². The average Bonchev–Trinajstić information content (AvgIpc) is 2.66. The van der Waals surface area contributed by atoms with Crippen LogP contribution in [0.2, 0.25) is 0 Å². The molecule has 18 heavy (non-hydrogen) atoms. The quantitative estimate of drug-likeness (QED) is 0.901. The molecule has 1 N–H and O–H groups in total. The van der Waals surface area contributed by atoms with E-state index in [9.17, 15) is 0 Å². The zero-order chi connectivity index (χ0) is 13.3. The van der Waals surface area contributed by atoms with Crippen molar-refractivity contribution >= 4 is 11.3 Å². The lowest BCUT2D eigenvalue weighted by molar-refractivity contribution is 0.269. The Hall–Kier alpha value is -1.58. The van der Waals surface area contributed by atoms with Crippen molar-refractivity contribution in [2.75, 3.05) is 11.9 Å². The van der Waals surface area contributed by atoms with E-state index in [-0.39, 0.29) is 5.41 Å². The minimum atomic E-state index is 0.240. The van der Waals surface area contributed by atoms with Crippen LogP contribution in [0.25, 0.3) is 5.52 Å².